The van der Waals surface area contributed by atoms with Gasteiger partial charge in [0.2, 0.25) is 5.91 Å². The summed E-state index contributed by atoms with van der Waals surface area (Å²) in [4.78, 5) is 34.5. The molecule has 0 aliphatic carbocycles. The Morgan fingerprint density at radius 3 is 2.58 bits per heavy atom. The lowest BCUT2D eigenvalue weighted by molar-refractivity contribution is -0.116. The number of rotatable bonds is 6. The molecule has 0 aliphatic rings. The molecule has 0 radical (unpaired) electrons. The quantitative estimate of drug-likeness (QED) is 0.498. The minimum Gasteiger partial charge on any atom is -0.497 e. The number of aryl methyl sites for hydroxylation is 1. The van der Waals surface area contributed by atoms with Crippen LogP contribution in [0.4, 0.5) is 5.69 Å². The molecular weight excluding hydrogens is 412 g/mol. The predicted octanol–water partition coefficient (Wildman–Crippen LogP) is 3.99. The summed E-state index contributed by atoms with van der Waals surface area (Å²) in [6, 6.07) is 16.7. The van der Waals surface area contributed by atoms with Gasteiger partial charge >= 0.3 is 0 Å². The fourth-order valence-corrected chi connectivity index (χ4v) is 3.90. The van der Waals surface area contributed by atoms with E-state index in [9.17, 15) is 9.59 Å². The molecule has 1 amide bonds. The number of amides is 1. The minimum atomic E-state index is -0.321. The van der Waals surface area contributed by atoms with E-state index in [0.29, 0.717) is 27.8 Å². The maximum Gasteiger partial charge on any atom is 0.264 e. The van der Waals surface area contributed by atoms with Gasteiger partial charge in [-0.3, -0.25) is 14.2 Å². The lowest BCUT2D eigenvalue weighted by Gasteiger charge is -2.11. The summed E-state index contributed by atoms with van der Waals surface area (Å²) in [5, 5.41) is 5.26. The number of anilines is 1. The highest BCUT2D eigenvalue weighted by molar-refractivity contribution is 7.13. The molecule has 2 heterocycles. The second-order valence-corrected chi connectivity index (χ2v) is 7.65. The van der Waals surface area contributed by atoms with E-state index in [1.54, 1.807) is 38.3 Å². The van der Waals surface area contributed by atoms with Crippen molar-refractivity contribution in [3.8, 4) is 27.6 Å². The molecule has 0 fully saturated rings. The Bertz CT molecular complexity index is 1260. The maximum atomic E-state index is 13.1. The molecule has 2 aromatic carbocycles. The van der Waals surface area contributed by atoms with Gasteiger partial charge in [0.15, 0.2) is 0 Å². The monoisotopic (exact) mass is 432 g/mol. The van der Waals surface area contributed by atoms with Crippen LogP contribution in [0.15, 0.2) is 71.0 Å². The van der Waals surface area contributed by atoms with E-state index in [1.807, 2.05) is 35.7 Å². The Morgan fingerprint density at radius 2 is 1.87 bits per heavy atom. The van der Waals surface area contributed by atoms with E-state index >= 15 is 0 Å². The topological polar surface area (TPSA) is 86.1 Å². The summed E-state index contributed by atoms with van der Waals surface area (Å²) < 4.78 is 6.47. The van der Waals surface area contributed by atoms with Crippen molar-refractivity contribution in [2.45, 2.75) is 13.5 Å². The van der Waals surface area contributed by atoms with Gasteiger partial charge < -0.3 is 10.1 Å². The summed E-state index contributed by atoms with van der Waals surface area (Å²) in [6.07, 6.45) is 1.52. The van der Waals surface area contributed by atoms with Crippen molar-refractivity contribution in [3.05, 3.63) is 82.4 Å². The molecule has 4 aromatic rings. The summed E-state index contributed by atoms with van der Waals surface area (Å²) in [6.45, 7) is 1.55. The van der Waals surface area contributed by atoms with Crippen LogP contribution in [0.1, 0.15) is 5.82 Å². The number of carbonyl (C=O) groups excluding carboxylic acids is 1. The van der Waals surface area contributed by atoms with E-state index in [2.05, 4.69) is 15.3 Å². The van der Waals surface area contributed by atoms with Crippen LogP contribution in [0, 0.1) is 6.92 Å². The number of aromatic nitrogens is 3. The smallest absolute Gasteiger partial charge is 0.264 e. The Labute approximate surface area is 183 Å². The molecule has 0 spiro atoms. The first kappa shape index (κ1) is 20.5. The molecule has 31 heavy (non-hydrogen) atoms. The number of methoxy groups -OCH3 is 1. The Hall–Kier alpha value is -3.78. The zero-order valence-electron chi connectivity index (χ0n) is 17.0. The van der Waals surface area contributed by atoms with Crippen LogP contribution < -0.4 is 15.6 Å². The molecule has 8 heteroatoms. The van der Waals surface area contributed by atoms with Gasteiger partial charge in [-0.15, -0.1) is 11.3 Å². The number of benzene rings is 2. The van der Waals surface area contributed by atoms with Crippen LogP contribution in [-0.2, 0) is 11.3 Å². The van der Waals surface area contributed by atoms with E-state index in [-0.39, 0.29) is 18.0 Å². The molecule has 0 saturated heterocycles. The molecule has 1 N–H and O–H groups in total. The van der Waals surface area contributed by atoms with Gasteiger partial charge in [-0.25, -0.2) is 9.97 Å². The van der Waals surface area contributed by atoms with Crippen molar-refractivity contribution in [2.24, 2.45) is 0 Å². The van der Waals surface area contributed by atoms with Crippen molar-refractivity contribution < 1.29 is 9.53 Å². The number of carbonyl (C=O) groups is 1. The van der Waals surface area contributed by atoms with Crippen molar-refractivity contribution in [1.82, 2.24) is 14.5 Å². The largest absolute Gasteiger partial charge is 0.497 e. The number of nitrogens with one attached hydrogen (secondary N) is 1. The fraction of sp³-hybridized carbons (Fsp3) is 0.130. The lowest BCUT2D eigenvalue weighted by Crippen LogP contribution is -2.30. The average Bonchev–Trinajstić information content (AvgIpc) is 3.28. The predicted molar refractivity (Wildman–Crippen MR) is 121 cm³/mol. The summed E-state index contributed by atoms with van der Waals surface area (Å²) in [5.74, 6) is 0.831. The first-order valence-corrected chi connectivity index (χ1v) is 10.4. The average molecular weight is 433 g/mol. The zero-order valence-corrected chi connectivity index (χ0v) is 17.8. The first-order valence-electron chi connectivity index (χ1n) is 9.57. The van der Waals surface area contributed by atoms with E-state index < -0.39 is 0 Å². The number of hydrogen-bond acceptors (Lipinski definition) is 6. The van der Waals surface area contributed by atoms with Gasteiger partial charge in [-0.1, -0.05) is 30.3 Å². The molecule has 156 valence electrons. The third-order valence-electron chi connectivity index (χ3n) is 4.73. The Kier molecular flexibility index (Phi) is 5.90. The maximum absolute atomic E-state index is 13.1. The SMILES string of the molecule is COc1ccc(NC(=O)Cn2c(C)ncc(-c3nc(-c4ccccc4)cs3)c2=O)cc1. The number of ether oxygens (including phenoxy) is 1. The lowest BCUT2D eigenvalue weighted by atomic mass is 10.2. The Balaban J connectivity index is 1.57. The van der Waals surface area contributed by atoms with Crippen LogP contribution in [0.5, 0.6) is 5.75 Å². The van der Waals surface area contributed by atoms with Crippen molar-refractivity contribution in [1.29, 1.82) is 0 Å². The second-order valence-electron chi connectivity index (χ2n) is 6.79. The molecular formula is C23H20N4O3S. The number of thiazole rings is 1. The molecule has 0 bridgehead atoms. The van der Waals surface area contributed by atoms with Crippen molar-refractivity contribution >= 4 is 22.9 Å². The van der Waals surface area contributed by atoms with Crippen LogP contribution in [-0.4, -0.2) is 27.6 Å². The van der Waals surface area contributed by atoms with Gasteiger partial charge in [-0.2, -0.15) is 0 Å². The molecule has 2 aromatic heterocycles. The van der Waals surface area contributed by atoms with Crippen LogP contribution in [0.2, 0.25) is 0 Å². The summed E-state index contributed by atoms with van der Waals surface area (Å²) in [5.41, 5.74) is 2.46. The third-order valence-corrected chi connectivity index (χ3v) is 5.60. The summed E-state index contributed by atoms with van der Waals surface area (Å²) in [7, 11) is 1.58. The molecule has 0 saturated carbocycles. The molecule has 7 nitrogen and oxygen atoms in total. The number of hydrogen-bond donors (Lipinski definition) is 1. The van der Waals surface area contributed by atoms with Crippen molar-refractivity contribution in [2.75, 3.05) is 12.4 Å². The van der Waals surface area contributed by atoms with Crippen LogP contribution >= 0.6 is 11.3 Å². The highest BCUT2D eigenvalue weighted by atomic mass is 32.1. The van der Waals surface area contributed by atoms with Crippen molar-refractivity contribution in [3.63, 3.8) is 0 Å². The van der Waals surface area contributed by atoms with E-state index in [0.717, 1.165) is 11.3 Å². The van der Waals surface area contributed by atoms with Gasteiger partial charge in [0.1, 0.15) is 23.1 Å². The summed E-state index contributed by atoms with van der Waals surface area (Å²) >= 11 is 1.37. The van der Waals surface area contributed by atoms with Gasteiger partial charge in [0.25, 0.3) is 5.56 Å². The molecule has 4 rings (SSSR count). The molecule has 0 unspecified atom stereocenters. The van der Waals surface area contributed by atoms with Gasteiger partial charge in [-0.05, 0) is 31.2 Å². The van der Waals surface area contributed by atoms with E-state index in [4.69, 9.17) is 4.74 Å². The standard InChI is InChI=1S/C23H20N4O3S/c1-15-24-12-19(22-26-20(14-31-22)16-6-4-3-5-7-16)23(29)27(15)13-21(28)25-17-8-10-18(30-2)11-9-17/h3-12,14H,13H2,1-2H3,(H,25,28). The van der Waals surface area contributed by atoms with Gasteiger partial charge in [0, 0.05) is 22.8 Å². The normalized spacial score (nSPS) is 10.6. The molecule has 0 aliphatic heterocycles. The van der Waals surface area contributed by atoms with Crippen LogP contribution in [0.3, 0.4) is 0 Å². The van der Waals surface area contributed by atoms with Gasteiger partial charge in [0.05, 0.1) is 18.4 Å². The minimum absolute atomic E-state index is 0.144. The second kappa shape index (κ2) is 8.93. The highest BCUT2D eigenvalue weighted by Gasteiger charge is 2.16. The highest BCUT2D eigenvalue weighted by Crippen LogP contribution is 2.26. The fourth-order valence-electron chi connectivity index (χ4n) is 3.07. The number of nitrogens with zero attached hydrogens (tertiary/aromatic N) is 3. The third kappa shape index (κ3) is 4.54. The van der Waals surface area contributed by atoms with Crippen LogP contribution in [0.25, 0.3) is 21.8 Å². The zero-order chi connectivity index (χ0) is 21.8. The van der Waals surface area contributed by atoms with E-state index in [1.165, 1.54) is 22.1 Å². The first-order chi connectivity index (χ1) is 15.0. The molecule has 0 atom stereocenters. The Morgan fingerprint density at radius 1 is 1.13 bits per heavy atom.